The van der Waals surface area contributed by atoms with Crippen LogP contribution in [0.25, 0.3) is 0 Å². The average molecular weight is 277 g/mol. The first-order chi connectivity index (χ1) is 9.67. The van der Waals surface area contributed by atoms with E-state index in [1.807, 2.05) is 6.07 Å². The summed E-state index contributed by atoms with van der Waals surface area (Å²) in [4.78, 5) is 0. The van der Waals surface area contributed by atoms with E-state index in [-0.39, 0.29) is 11.2 Å². The SMILES string of the molecule is Cc1ccc(F)cc1CC1(CNC2CC2)CCOCC1. The quantitative estimate of drug-likeness (QED) is 0.892. The highest BCUT2D eigenvalue weighted by Gasteiger charge is 2.35. The van der Waals surface area contributed by atoms with Crippen molar-refractivity contribution in [3.05, 3.63) is 35.1 Å². The summed E-state index contributed by atoms with van der Waals surface area (Å²) in [6.07, 6.45) is 5.72. The molecule has 1 aliphatic carbocycles. The normalized spacial score (nSPS) is 21.9. The highest BCUT2D eigenvalue weighted by Crippen LogP contribution is 2.35. The molecule has 2 fully saturated rings. The first-order valence-electron chi connectivity index (χ1n) is 7.73. The molecule has 0 unspecified atom stereocenters. The molecule has 0 spiro atoms. The minimum absolute atomic E-state index is 0.122. The monoisotopic (exact) mass is 277 g/mol. The Labute approximate surface area is 120 Å². The molecule has 20 heavy (non-hydrogen) atoms. The lowest BCUT2D eigenvalue weighted by Gasteiger charge is -2.38. The van der Waals surface area contributed by atoms with Gasteiger partial charge in [0.2, 0.25) is 0 Å². The number of nitrogens with one attached hydrogen (secondary N) is 1. The molecule has 0 bridgehead atoms. The maximum atomic E-state index is 13.5. The lowest BCUT2D eigenvalue weighted by Crippen LogP contribution is -2.41. The molecule has 3 rings (SSSR count). The van der Waals surface area contributed by atoms with E-state index in [1.54, 1.807) is 12.1 Å². The van der Waals surface area contributed by atoms with Crippen molar-refractivity contribution in [1.82, 2.24) is 5.32 Å². The Kier molecular flexibility index (Phi) is 4.08. The van der Waals surface area contributed by atoms with Gasteiger partial charge in [0.25, 0.3) is 0 Å². The molecular formula is C17H24FNO. The highest BCUT2D eigenvalue weighted by molar-refractivity contribution is 5.28. The summed E-state index contributed by atoms with van der Waals surface area (Å²) < 4.78 is 19.0. The Morgan fingerprint density at radius 1 is 1.30 bits per heavy atom. The predicted octanol–water partition coefficient (Wildman–Crippen LogP) is 3.23. The topological polar surface area (TPSA) is 21.3 Å². The smallest absolute Gasteiger partial charge is 0.123 e. The van der Waals surface area contributed by atoms with Crippen molar-refractivity contribution in [1.29, 1.82) is 0 Å². The summed E-state index contributed by atoms with van der Waals surface area (Å²) in [5.74, 6) is -0.122. The molecule has 1 aliphatic heterocycles. The Bertz CT molecular complexity index is 464. The standard InChI is InChI=1S/C17H24FNO/c1-13-2-3-15(18)10-14(13)11-17(6-8-20-9-7-17)12-19-16-4-5-16/h2-3,10,16,19H,4-9,11-12H2,1H3. The number of rotatable bonds is 5. The molecule has 0 radical (unpaired) electrons. The molecule has 1 N–H and O–H groups in total. The minimum Gasteiger partial charge on any atom is -0.381 e. The number of ether oxygens (including phenoxy) is 1. The molecule has 1 saturated heterocycles. The van der Waals surface area contributed by atoms with Crippen molar-refractivity contribution >= 4 is 0 Å². The van der Waals surface area contributed by atoms with Gasteiger partial charge in [-0.05, 0) is 67.7 Å². The lowest BCUT2D eigenvalue weighted by molar-refractivity contribution is 0.0146. The first-order valence-corrected chi connectivity index (χ1v) is 7.73. The Hall–Kier alpha value is -0.930. The number of aryl methyl sites for hydroxylation is 1. The van der Waals surface area contributed by atoms with Crippen molar-refractivity contribution in [2.45, 2.75) is 45.1 Å². The minimum atomic E-state index is -0.122. The molecule has 1 saturated carbocycles. The molecule has 0 aromatic heterocycles. The maximum Gasteiger partial charge on any atom is 0.123 e. The van der Waals surface area contributed by atoms with Crippen LogP contribution in [0, 0.1) is 18.2 Å². The number of halogens is 1. The predicted molar refractivity (Wildman–Crippen MR) is 78.4 cm³/mol. The fourth-order valence-corrected chi connectivity index (χ4v) is 3.10. The highest BCUT2D eigenvalue weighted by atomic mass is 19.1. The van der Waals surface area contributed by atoms with E-state index >= 15 is 0 Å². The van der Waals surface area contributed by atoms with Crippen LogP contribution in [0.3, 0.4) is 0 Å². The largest absolute Gasteiger partial charge is 0.381 e. The molecule has 3 heteroatoms. The summed E-state index contributed by atoms with van der Waals surface area (Å²) in [5, 5.41) is 3.67. The van der Waals surface area contributed by atoms with Crippen molar-refractivity contribution in [2.75, 3.05) is 19.8 Å². The molecule has 0 amide bonds. The van der Waals surface area contributed by atoms with Gasteiger partial charge in [0.15, 0.2) is 0 Å². The lowest BCUT2D eigenvalue weighted by atomic mass is 9.74. The van der Waals surface area contributed by atoms with Gasteiger partial charge in [-0.25, -0.2) is 4.39 Å². The van der Waals surface area contributed by atoms with Crippen LogP contribution in [0.2, 0.25) is 0 Å². The Morgan fingerprint density at radius 3 is 2.75 bits per heavy atom. The van der Waals surface area contributed by atoms with Crippen LogP contribution in [0.4, 0.5) is 4.39 Å². The molecule has 1 aromatic rings. The zero-order valence-corrected chi connectivity index (χ0v) is 12.3. The van der Waals surface area contributed by atoms with E-state index in [4.69, 9.17) is 4.74 Å². The van der Waals surface area contributed by atoms with Gasteiger partial charge in [0, 0.05) is 25.8 Å². The van der Waals surface area contributed by atoms with Crippen LogP contribution >= 0.6 is 0 Å². The Morgan fingerprint density at radius 2 is 2.05 bits per heavy atom. The van der Waals surface area contributed by atoms with E-state index in [2.05, 4.69) is 12.2 Å². The Balaban J connectivity index is 1.75. The second-order valence-corrected chi connectivity index (χ2v) is 6.52. The molecule has 110 valence electrons. The number of hydrogen-bond donors (Lipinski definition) is 1. The summed E-state index contributed by atoms with van der Waals surface area (Å²) in [7, 11) is 0. The zero-order valence-electron chi connectivity index (χ0n) is 12.3. The molecule has 1 heterocycles. The third-order valence-corrected chi connectivity index (χ3v) is 4.77. The first kappa shape index (κ1) is 14.0. The summed E-state index contributed by atoms with van der Waals surface area (Å²) in [6.45, 7) is 4.79. The van der Waals surface area contributed by atoms with E-state index in [9.17, 15) is 4.39 Å². The van der Waals surface area contributed by atoms with Crippen molar-refractivity contribution < 1.29 is 9.13 Å². The van der Waals surface area contributed by atoms with Crippen LogP contribution in [0.1, 0.15) is 36.8 Å². The molecule has 2 nitrogen and oxygen atoms in total. The van der Waals surface area contributed by atoms with Crippen LogP contribution < -0.4 is 5.32 Å². The van der Waals surface area contributed by atoms with Crippen LogP contribution in [-0.2, 0) is 11.2 Å². The molecular weight excluding hydrogens is 253 g/mol. The van der Waals surface area contributed by atoms with Crippen LogP contribution in [0.5, 0.6) is 0 Å². The second kappa shape index (κ2) is 5.82. The van der Waals surface area contributed by atoms with Crippen LogP contribution in [-0.4, -0.2) is 25.8 Å². The summed E-state index contributed by atoms with van der Waals surface area (Å²) in [5.41, 5.74) is 2.59. The maximum absolute atomic E-state index is 13.5. The van der Waals surface area contributed by atoms with Crippen molar-refractivity contribution in [3.8, 4) is 0 Å². The molecule has 0 atom stereocenters. The zero-order chi connectivity index (χ0) is 14.0. The van der Waals surface area contributed by atoms with Gasteiger partial charge in [0.1, 0.15) is 5.82 Å². The third-order valence-electron chi connectivity index (χ3n) is 4.77. The summed E-state index contributed by atoms with van der Waals surface area (Å²) >= 11 is 0. The van der Waals surface area contributed by atoms with Gasteiger partial charge < -0.3 is 10.1 Å². The van der Waals surface area contributed by atoms with Crippen molar-refractivity contribution in [3.63, 3.8) is 0 Å². The van der Waals surface area contributed by atoms with E-state index in [0.717, 1.165) is 50.6 Å². The average Bonchev–Trinajstić information content (AvgIpc) is 3.26. The number of benzene rings is 1. The van der Waals surface area contributed by atoms with Gasteiger partial charge >= 0.3 is 0 Å². The van der Waals surface area contributed by atoms with Gasteiger partial charge in [-0.15, -0.1) is 0 Å². The van der Waals surface area contributed by atoms with Gasteiger partial charge in [-0.1, -0.05) is 6.07 Å². The van der Waals surface area contributed by atoms with Gasteiger partial charge in [-0.3, -0.25) is 0 Å². The van der Waals surface area contributed by atoms with Gasteiger partial charge in [-0.2, -0.15) is 0 Å². The van der Waals surface area contributed by atoms with E-state index < -0.39 is 0 Å². The molecule has 2 aliphatic rings. The van der Waals surface area contributed by atoms with Crippen LogP contribution in [0.15, 0.2) is 18.2 Å². The van der Waals surface area contributed by atoms with E-state index in [0.29, 0.717) is 0 Å². The van der Waals surface area contributed by atoms with E-state index in [1.165, 1.54) is 18.4 Å². The fourth-order valence-electron chi connectivity index (χ4n) is 3.10. The third kappa shape index (κ3) is 3.39. The molecule has 1 aromatic carbocycles. The number of hydrogen-bond acceptors (Lipinski definition) is 2. The second-order valence-electron chi connectivity index (χ2n) is 6.52. The van der Waals surface area contributed by atoms with Crippen molar-refractivity contribution in [2.24, 2.45) is 5.41 Å². The van der Waals surface area contributed by atoms with Gasteiger partial charge in [0.05, 0.1) is 0 Å². The fraction of sp³-hybridized carbons (Fsp3) is 0.647. The summed E-state index contributed by atoms with van der Waals surface area (Å²) in [6, 6.07) is 5.89.